The molecule has 22 heavy (non-hydrogen) atoms. The summed E-state index contributed by atoms with van der Waals surface area (Å²) in [6.45, 7) is 11.1. The molecule has 0 unspecified atom stereocenters. The highest BCUT2D eigenvalue weighted by Gasteiger charge is 2.23. The molecule has 0 saturated carbocycles. The van der Waals surface area contributed by atoms with Crippen molar-refractivity contribution in [3.63, 3.8) is 0 Å². The van der Waals surface area contributed by atoms with Gasteiger partial charge in [0.25, 0.3) is 0 Å². The van der Waals surface area contributed by atoms with Crippen molar-refractivity contribution in [2.24, 2.45) is 0 Å². The Labute approximate surface area is 133 Å². The normalized spacial score (nSPS) is 12.3. The Morgan fingerprint density at radius 1 is 1.18 bits per heavy atom. The maximum atomic E-state index is 11.8. The highest BCUT2D eigenvalue weighted by atomic mass is 16.6. The van der Waals surface area contributed by atoms with Crippen LogP contribution in [0.3, 0.4) is 0 Å². The van der Waals surface area contributed by atoms with Crippen LogP contribution in [-0.2, 0) is 21.4 Å². The lowest BCUT2D eigenvalue weighted by molar-refractivity contribution is -0.159. The fraction of sp³-hybridized carbons (Fsp3) is 0.611. The summed E-state index contributed by atoms with van der Waals surface area (Å²) in [5.41, 5.74) is 1.68. The van der Waals surface area contributed by atoms with Gasteiger partial charge in [0.1, 0.15) is 11.4 Å². The standard InChI is InChI=1S/C18H28O4/c1-12-9-13(10-14(16(12)21)17(2,3)4)7-8-15(20)22-18(5,6)11-19/h9-10,19,21H,7-8,11H2,1-6H3. The van der Waals surface area contributed by atoms with E-state index in [2.05, 4.69) is 0 Å². The summed E-state index contributed by atoms with van der Waals surface area (Å²) in [4.78, 5) is 11.8. The van der Waals surface area contributed by atoms with E-state index in [4.69, 9.17) is 9.84 Å². The molecule has 0 aliphatic carbocycles. The molecule has 4 nitrogen and oxygen atoms in total. The van der Waals surface area contributed by atoms with Crippen LogP contribution in [0.1, 0.15) is 57.7 Å². The molecule has 0 aliphatic heterocycles. The molecule has 2 N–H and O–H groups in total. The number of phenolic OH excluding ortho intramolecular Hbond substituents is 1. The fourth-order valence-electron chi connectivity index (χ4n) is 2.21. The van der Waals surface area contributed by atoms with Gasteiger partial charge in [0, 0.05) is 6.42 Å². The van der Waals surface area contributed by atoms with Crippen molar-refractivity contribution in [1.29, 1.82) is 0 Å². The molecular formula is C18H28O4. The largest absolute Gasteiger partial charge is 0.507 e. The van der Waals surface area contributed by atoms with E-state index in [9.17, 15) is 9.90 Å². The summed E-state index contributed by atoms with van der Waals surface area (Å²) < 4.78 is 5.22. The monoisotopic (exact) mass is 308 g/mol. The number of hydrogen-bond acceptors (Lipinski definition) is 4. The van der Waals surface area contributed by atoms with E-state index < -0.39 is 5.60 Å². The molecule has 0 atom stereocenters. The third-order valence-corrected chi connectivity index (χ3v) is 3.56. The molecular weight excluding hydrogens is 280 g/mol. The smallest absolute Gasteiger partial charge is 0.306 e. The van der Waals surface area contributed by atoms with Gasteiger partial charge in [-0.25, -0.2) is 0 Å². The van der Waals surface area contributed by atoms with Crippen molar-refractivity contribution in [2.75, 3.05) is 6.61 Å². The average molecular weight is 308 g/mol. The van der Waals surface area contributed by atoms with Crippen molar-refractivity contribution in [3.8, 4) is 5.75 Å². The first-order chi connectivity index (χ1) is 9.96. The number of phenols is 1. The number of aromatic hydroxyl groups is 1. The van der Waals surface area contributed by atoms with Gasteiger partial charge in [0.2, 0.25) is 0 Å². The maximum absolute atomic E-state index is 11.8. The van der Waals surface area contributed by atoms with E-state index in [0.717, 1.165) is 16.7 Å². The molecule has 0 amide bonds. The summed E-state index contributed by atoms with van der Waals surface area (Å²) in [7, 11) is 0. The van der Waals surface area contributed by atoms with Crippen LogP contribution in [0.25, 0.3) is 0 Å². The number of aryl methyl sites for hydroxylation is 2. The predicted molar refractivity (Wildman–Crippen MR) is 87.1 cm³/mol. The van der Waals surface area contributed by atoms with Gasteiger partial charge in [-0.3, -0.25) is 4.79 Å². The molecule has 124 valence electrons. The molecule has 0 heterocycles. The average Bonchev–Trinajstić information content (AvgIpc) is 2.38. The van der Waals surface area contributed by atoms with Gasteiger partial charge in [-0.1, -0.05) is 32.9 Å². The SMILES string of the molecule is Cc1cc(CCC(=O)OC(C)(C)CO)cc(C(C)(C)C)c1O. The van der Waals surface area contributed by atoms with Gasteiger partial charge >= 0.3 is 5.97 Å². The van der Waals surface area contributed by atoms with Crippen LogP contribution in [0.5, 0.6) is 5.75 Å². The number of carbonyl (C=O) groups excluding carboxylic acids is 1. The molecule has 0 aliphatic rings. The molecule has 0 spiro atoms. The molecule has 0 aromatic heterocycles. The zero-order valence-electron chi connectivity index (χ0n) is 14.5. The van der Waals surface area contributed by atoms with Crippen molar-refractivity contribution < 1.29 is 19.7 Å². The summed E-state index contributed by atoms with van der Waals surface area (Å²) in [6, 6.07) is 3.85. The first-order valence-electron chi connectivity index (χ1n) is 7.62. The number of carbonyl (C=O) groups is 1. The number of aliphatic hydroxyl groups is 1. The Morgan fingerprint density at radius 2 is 1.77 bits per heavy atom. The minimum atomic E-state index is -0.849. The molecule has 1 rings (SSSR count). The van der Waals surface area contributed by atoms with Gasteiger partial charge in [0.15, 0.2) is 0 Å². The van der Waals surface area contributed by atoms with Crippen LogP contribution in [-0.4, -0.2) is 28.4 Å². The zero-order chi connectivity index (χ0) is 17.1. The molecule has 0 bridgehead atoms. The van der Waals surface area contributed by atoms with Crippen LogP contribution in [0.15, 0.2) is 12.1 Å². The first kappa shape index (κ1) is 18.5. The molecule has 0 radical (unpaired) electrons. The van der Waals surface area contributed by atoms with Gasteiger partial charge < -0.3 is 14.9 Å². The lowest BCUT2D eigenvalue weighted by atomic mass is 9.83. The second-order valence-corrected chi connectivity index (χ2v) is 7.45. The zero-order valence-corrected chi connectivity index (χ0v) is 14.5. The number of aliphatic hydroxyl groups excluding tert-OH is 1. The highest BCUT2D eigenvalue weighted by molar-refractivity contribution is 5.70. The van der Waals surface area contributed by atoms with Crippen LogP contribution in [0.2, 0.25) is 0 Å². The van der Waals surface area contributed by atoms with Crippen molar-refractivity contribution in [2.45, 2.75) is 65.4 Å². The third kappa shape index (κ3) is 5.02. The second kappa shape index (κ2) is 6.69. The van der Waals surface area contributed by atoms with Crippen molar-refractivity contribution in [3.05, 3.63) is 28.8 Å². The quantitative estimate of drug-likeness (QED) is 0.820. The van der Waals surface area contributed by atoms with E-state index in [1.165, 1.54) is 0 Å². The maximum Gasteiger partial charge on any atom is 0.306 e. The van der Waals surface area contributed by atoms with E-state index >= 15 is 0 Å². The summed E-state index contributed by atoms with van der Waals surface area (Å²) in [6.07, 6.45) is 0.793. The summed E-state index contributed by atoms with van der Waals surface area (Å²) in [5, 5.41) is 19.3. The lowest BCUT2D eigenvalue weighted by Gasteiger charge is -2.23. The van der Waals surface area contributed by atoms with E-state index in [1.807, 2.05) is 39.8 Å². The van der Waals surface area contributed by atoms with Crippen LogP contribution in [0, 0.1) is 6.92 Å². The topological polar surface area (TPSA) is 66.8 Å². The highest BCUT2D eigenvalue weighted by Crippen LogP contribution is 2.34. The number of rotatable bonds is 5. The number of benzene rings is 1. The van der Waals surface area contributed by atoms with Gasteiger partial charge in [-0.2, -0.15) is 0 Å². The summed E-state index contributed by atoms with van der Waals surface area (Å²) >= 11 is 0. The second-order valence-electron chi connectivity index (χ2n) is 7.45. The van der Waals surface area contributed by atoms with E-state index in [-0.39, 0.29) is 24.4 Å². The fourth-order valence-corrected chi connectivity index (χ4v) is 2.21. The Balaban J connectivity index is 2.83. The van der Waals surface area contributed by atoms with Crippen LogP contribution >= 0.6 is 0 Å². The van der Waals surface area contributed by atoms with Crippen LogP contribution in [0.4, 0.5) is 0 Å². The van der Waals surface area contributed by atoms with Gasteiger partial charge in [0.05, 0.1) is 6.61 Å². The Morgan fingerprint density at radius 3 is 2.27 bits per heavy atom. The van der Waals surface area contributed by atoms with Gasteiger partial charge in [-0.15, -0.1) is 0 Å². The minimum absolute atomic E-state index is 0.162. The number of hydrogen-bond donors (Lipinski definition) is 2. The first-order valence-corrected chi connectivity index (χ1v) is 7.62. The Hall–Kier alpha value is -1.55. The Bertz CT molecular complexity index is 539. The predicted octanol–water partition coefficient (Wildman–Crippen LogP) is 3.24. The van der Waals surface area contributed by atoms with Crippen LogP contribution < -0.4 is 0 Å². The van der Waals surface area contributed by atoms with Gasteiger partial charge in [-0.05, 0) is 49.3 Å². The number of ether oxygens (including phenoxy) is 1. The third-order valence-electron chi connectivity index (χ3n) is 3.56. The molecule has 0 fully saturated rings. The molecule has 4 heteroatoms. The molecule has 1 aromatic carbocycles. The summed E-state index contributed by atoms with van der Waals surface area (Å²) in [5.74, 6) is -0.0117. The lowest BCUT2D eigenvalue weighted by Crippen LogP contribution is -2.32. The Kier molecular flexibility index (Phi) is 5.63. The number of esters is 1. The van der Waals surface area contributed by atoms with E-state index in [1.54, 1.807) is 13.8 Å². The molecule has 1 aromatic rings. The minimum Gasteiger partial charge on any atom is -0.507 e. The van der Waals surface area contributed by atoms with Crippen molar-refractivity contribution >= 4 is 5.97 Å². The van der Waals surface area contributed by atoms with Crippen molar-refractivity contribution in [1.82, 2.24) is 0 Å². The van der Waals surface area contributed by atoms with E-state index in [0.29, 0.717) is 12.2 Å². The molecule has 0 saturated heterocycles.